The van der Waals surface area contributed by atoms with Gasteiger partial charge in [-0.1, -0.05) is 6.07 Å². The highest BCUT2D eigenvalue weighted by Crippen LogP contribution is 2.36. The van der Waals surface area contributed by atoms with Crippen LogP contribution in [-0.4, -0.2) is 55.0 Å². The number of carbonyl (C=O) groups excluding carboxylic acids is 4. The molecule has 0 aliphatic carbocycles. The molecule has 4 rings (SSSR count). The number of carbonyl (C=O) groups is 4. The Morgan fingerprint density at radius 2 is 1.74 bits per heavy atom. The molecule has 3 N–H and O–H groups in total. The lowest BCUT2D eigenvalue weighted by Crippen LogP contribution is -2.44. The van der Waals surface area contributed by atoms with Gasteiger partial charge >= 0.3 is 6.03 Å². The molecule has 0 unspecified atom stereocenters. The fourth-order valence-corrected chi connectivity index (χ4v) is 3.59. The molecule has 2 heterocycles. The topological polar surface area (TPSA) is 126 Å². The number of nitrogens with one attached hydrogen (secondary N) is 3. The molecule has 0 spiro atoms. The Labute approximate surface area is 196 Å². The van der Waals surface area contributed by atoms with Crippen molar-refractivity contribution in [1.29, 1.82) is 0 Å². The average molecular weight is 492 g/mol. The Balaban J connectivity index is 1.36. The van der Waals surface area contributed by atoms with Crippen molar-refractivity contribution in [2.75, 3.05) is 31.6 Å². The van der Waals surface area contributed by atoms with Crippen LogP contribution in [0, 0.1) is 17.5 Å². The normalized spacial score (nSPS) is 18.8. The summed E-state index contributed by atoms with van der Waals surface area (Å²) in [4.78, 5) is 50.4. The summed E-state index contributed by atoms with van der Waals surface area (Å²) in [5, 5.41) is 6.71. The van der Waals surface area contributed by atoms with Gasteiger partial charge in [-0.25, -0.2) is 18.0 Å². The number of urea groups is 1. The fraction of sp³-hybridized carbons (Fsp3) is 0.273. The fourth-order valence-electron chi connectivity index (χ4n) is 3.59. The zero-order chi connectivity index (χ0) is 25.3. The monoisotopic (exact) mass is 492 g/mol. The van der Waals surface area contributed by atoms with Crippen molar-refractivity contribution in [1.82, 2.24) is 15.5 Å². The summed E-state index contributed by atoms with van der Waals surface area (Å²) in [5.74, 6) is -6.38. The van der Waals surface area contributed by atoms with Gasteiger partial charge in [0.15, 0.2) is 29.0 Å². The molecule has 35 heavy (non-hydrogen) atoms. The van der Waals surface area contributed by atoms with E-state index in [0.29, 0.717) is 41.2 Å². The molecule has 0 bridgehead atoms. The van der Waals surface area contributed by atoms with Crippen LogP contribution >= 0.6 is 0 Å². The van der Waals surface area contributed by atoms with E-state index in [1.165, 1.54) is 6.92 Å². The number of imide groups is 1. The number of hydrogen-bond acceptors (Lipinski definition) is 6. The number of rotatable bonds is 6. The van der Waals surface area contributed by atoms with Crippen LogP contribution in [0.15, 0.2) is 30.3 Å². The number of amides is 5. The SMILES string of the molecule is C[C@]1(c2ccc3c(c2)OCCO3)NC(=O)N(CC(=O)NCC(=O)Nc2ccc(F)c(F)c2F)C1=O. The maximum Gasteiger partial charge on any atom is 0.325 e. The molecule has 13 heteroatoms. The van der Waals surface area contributed by atoms with E-state index >= 15 is 0 Å². The van der Waals surface area contributed by atoms with Gasteiger partial charge in [-0.15, -0.1) is 0 Å². The first kappa shape index (κ1) is 23.9. The van der Waals surface area contributed by atoms with Gasteiger partial charge in [0.25, 0.3) is 5.91 Å². The molecule has 184 valence electrons. The van der Waals surface area contributed by atoms with Crippen LogP contribution in [-0.2, 0) is 19.9 Å². The number of anilines is 1. The van der Waals surface area contributed by atoms with Crippen molar-refractivity contribution in [2.24, 2.45) is 0 Å². The summed E-state index contributed by atoms with van der Waals surface area (Å²) in [6.07, 6.45) is 0. The van der Waals surface area contributed by atoms with Crippen molar-refractivity contribution >= 4 is 29.4 Å². The number of hydrogen-bond donors (Lipinski definition) is 3. The van der Waals surface area contributed by atoms with Gasteiger partial charge in [0.1, 0.15) is 25.3 Å². The summed E-state index contributed by atoms with van der Waals surface area (Å²) >= 11 is 0. The lowest BCUT2D eigenvalue weighted by Gasteiger charge is -2.25. The van der Waals surface area contributed by atoms with Crippen LogP contribution in [0.5, 0.6) is 11.5 Å². The summed E-state index contributed by atoms with van der Waals surface area (Å²) in [5.41, 5.74) is -1.68. The van der Waals surface area contributed by atoms with E-state index in [-0.39, 0.29) is 0 Å². The molecule has 0 radical (unpaired) electrons. The van der Waals surface area contributed by atoms with Crippen molar-refractivity contribution < 1.29 is 41.8 Å². The molecular formula is C22H19F3N4O6. The van der Waals surface area contributed by atoms with Crippen LogP contribution in [0.2, 0.25) is 0 Å². The van der Waals surface area contributed by atoms with E-state index in [1.54, 1.807) is 18.2 Å². The first-order valence-electron chi connectivity index (χ1n) is 10.3. The number of nitrogens with zero attached hydrogens (tertiary/aromatic N) is 1. The highest BCUT2D eigenvalue weighted by atomic mass is 19.2. The van der Waals surface area contributed by atoms with Gasteiger partial charge in [0.2, 0.25) is 11.8 Å². The minimum absolute atomic E-state index is 0.329. The van der Waals surface area contributed by atoms with Crippen molar-refractivity contribution in [3.8, 4) is 11.5 Å². The first-order valence-corrected chi connectivity index (χ1v) is 10.3. The first-order chi connectivity index (χ1) is 16.6. The zero-order valence-electron chi connectivity index (χ0n) is 18.2. The predicted octanol–water partition coefficient (Wildman–Crippen LogP) is 1.40. The highest BCUT2D eigenvalue weighted by molar-refractivity contribution is 6.09. The van der Waals surface area contributed by atoms with Crippen molar-refractivity contribution in [3.05, 3.63) is 53.3 Å². The highest BCUT2D eigenvalue weighted by Gasteiger charge is 2.49. The van der Waals surface area contributed by atoms with E-state index < -0.39 is 65.5 Å². The number of halogens is 3. The molecular weight excluding hydrogens is 473 g/mol. The molecule has 1 atom stereocenters. The summed E-state index contributed by atoms with van der Waals surface area (Å²) in [6, 6.07) is 5.39. The molecule has 0 aromatic heterocycles. The largest absolute Gasteiger partial charge is 0.486 e. The zero-order valence-corrected chi connectivity index (χ0v) is 18.2. The van der Waals surface area contributed by atoms with Crippen molar-refractivity contribution in [3.63, 3.8) is 0 Å². The number of fused-ring (bicyclic) bond motifs is 1. The number of benzene rings is 2. The Hall–Kier alpha value is -4.29. The maximum absolute atomic E-state index is 13.7. The standard InChI is InChI=1S/C22H19F3N4O6/c1-22(11-2-5-14-15(8-11)35-7-6-34-14)20(32)29(21(33)28-22)10-17(31)26-9-16(30)27-13-4-3-12(23)18(24)19(13)25/h2-5,8H,6-7,9-10H2,1H3,(H,26,31)(H,27,30)(H,28,33)/t22-/m1/s1. The third-order valence-electron chi connectivity index (χ3n) is 5.45. The van der Waals surface area contributed by atoms with E-state index in [1.807, 2.05) is 5.32 Å². The van der Waals surface area contributed by atoms with E-state index in [9.17, 15) is 32.3 Å². The average Bonchev–Trinajstić information content (AvgIpc) is 3.06. The second-order valence-corrected chi connectivity index (χ2v) is 7.85. The van der Waals surface area contributed by atoms with E-state index in [4.69, 9.17) is 9.47 Å². The Morgan fingerprint density at radius 3 is 2.49 bits per heavy atom. The van der Waals surface area contributed by atoms with Gasteiger partial charge in [0, 0.05) is 0 Å². The minimum atomic E-state index is -1.76. The smallest absolute Gasteiger partial charge is 0.325 e. The lowest BCUT2D eigenvalue weighted by molar-refractivity contribution is -0.135. The molecule has 1 saturated heterocycles. The van der Waals surface area contributed by atoms with Gasteiger partial charge in [0.05, 0.1) is 12.2 Å². The van der Waals surface area contributed by atoms with Crippen LogP contribution < -0.4 is 25.4 Å². The van der Waals surface area contributed by atoms with Crippen LogP contribution in [0.25, 0.3) is 0 Å². The quantitative estimate of drug-likeness (QED) is 0.414. The molecule has 10 nitrogen and oxygen atoms in total. The summed E-state index contributed by atoms with van der Waals surface area (Å²) < 4.78 is 50.9. The third-order valence-corrected chi connectivity index (χ3v) is 5.45. The Morgan fingerprint density at radius 1 is 1.03 bits per heavy atom. The predicted molar refractivity (Wildman–Crippen MR) is 113 cm³/mol. The van der Waals surface area contributed by atoms with Gasteiger partial charge < -0.3 is 25.4 Å². The van der Waals surface area contributed by atoms with E-state index in [0.717, 1.165) is 6.07 Å². The Bertz CT molecular complexity index is 1240. The lowest BCUT2D eigenvalue weighted by atomic mass is 9.91. The number of ether oxygens (including phenoxy) is 2. The third kappa shape index (κ3) is 4.56. The summed E-state index contributed by atoms with van der Waals surface area (Å²) in [7, 11) is 0. The van der Waals surface area contributed by atoms with Crippen molar-refractivity contribution in [2.45, 2.75) is 12.5 Å². The van der Waals surface area contributed by atoms with Gasteiger partial charge in [-0.05, 0) is 36.8 Å². The van der Waals surface area contributed by atoms with E-state index in [2.05, 4.69) is 10.6 Å². The molecule has 5 amide bonds. The molecule has 0 saturated carbocycles. The van der Waals surface area contributed by atoms with Crippen LogP contribution in [0.4, 0.5) is 23.7 Å². The van der Waals surface area contributed by atoms with Crippen LogP contribution in [0.3, 0.4) is 0 Å². The van der Waals surface area contributed by atoms with Gasteiger partial charge in [-0.3, -0.25) is 19.3 Å². The minimum Gasteiger partial charge on any atom is -0.486 e. The molecule has 2 aromatic carbocycles. The maximum atomic E-state index is 13.7. The molecule has 2 aliphatic rings. The second-order valence-electron chi connectivity index (χ2n) is 7.85. The molecule has 2 aromatic rings. The summed E-state index contributed by atoms with van der Waals surface area (Å²) in [6.45, 7) is 0.810. The van der Waals surface area contributed by atoms with Crippen LogP contribution in [0.1, 0.15) is 12.5 Å². The Kier molecular flexibility index (Phi) is 6.24. The van der Waals surface area contributed by atoms with Gasteiger partial charge in [-0.2, -0.15) is 0 Å². The second kappa shape index (κ2) is 9.16. The molecule has 2 aliphatic heterocycles. The molecule has 1 fully saturated rings.